The third kappa shape index (κ3) is 1.76. The number of H-pyrrole nitrogens is 1. The molecule has 0 spiro atoms. The van der Waals surface area contributed by atoms with Gasteiger partial charge in [0.05, 0.1) is 17.4 Å². The Morgan fingerprint density at radius 1 is 1.24 bits per heavy atom. The summed E-state index contributed by atoms with van der Waals surface area (Å²) in [6, 6.07) is 8.43. The second kappa shape index (κ2) is 3.70. The molecule has 0 bridgehead atoms. The number of nitrogens with two attached hydrogens (primary N) is 1. The van der Waals surface area contributed by atoms with E-state index in [1.165, 1.54) is 12.0 Å². The SMILES string of the molecule is Cc1ccc(-c2cnc(C3(N)CCC3)[nH]2)cc1. The van der Waals surface area contributed by atoms with Gasteiger partial charge in [0.1, 0.15) is 5.82 Å². The first-order valence-corrected chi connectivity index (χ1v) is 6.09. The minimum absolute atomic E-state index is 0.205. The third-order valence-electron chi connectivity index (χ3n) is 3.66. The summed E-state index contributed by atoms with van der Waals surface area (Å²) in [5.74, 6) is 0.930. The molecule has 0 unspecified atom stereocenters. The quantitative estimate of drug-likeness (QED) is 0.828. The molecule has 3 nitrogen and oxygen atoms in total. The molecule has 0 radical (unpaired) electrons. The van der Waals surface area contributed by atoms with Gasteiger partial charge in [0.2, 0.25) is 0 Å². The molecule has 0 saturated heterocycles. The highest BCUT2D eigenvalue weighted by atomic mass is 15.0. The second-order valence-corrected chi connectivity index (χ2v) is 5.02. The van der Waals surface area contributed by atoms with E-state index in [2.05, 4.69) is 41.2 Å². The van der Waals surface area contributed by atoms with Crippen LogP contribution in [0.3, 0.4) is 0 Å². The minimum Gasteiger partial charge on any atom is -0.340 e. The van der Waals surface area contributed by atoms with Crippen molar-refractivity contribution in [3.8, 4) is 11.3 Å². The predicted molar refractivity (Wildman–Crippen MR) is 68.5 cm³/mol. The summed E-state index contributed by atoms with van der Waals surface area (Å²) in [5, 5.41) is 0. The summed E-state index contributed by atoms with van der Waals surface area (Å²) in [6.07, 6.45) is 5.16. The normalized spacial score (nSPS) is 17.8. The Labute approximate surface area is 101 Å². The molecule has 1 heterocycles. The van der Waals surface area contributed by atoms with E-state index in [1.807, 2.05) is 6.20 Å². The molecule has 3 heteroatoms. The molecule has 3 rings (SSSR count). The number of rotatable bonds is 2. The molecule has 17 heavy (non-hydrogen) atoms. The van der Waals surface area contributed by atoms with Crippen molar-refractivity contribution in [2.24, 2.45) is 5.73 Å². The van der Waals surface area contributed by atoms with E-state index in [0.29, 0.717) is 0 Å². The van der Waals surface area contributed by atoms with E-state index in [1.54, 1.807) is 0 Å². The fourth-order valence-electron chi connectivity index (χ4n) is 2.25. The zero-order valence-electron chi connectivity index (χ0n) is 10.0. The molecular weight excluding hydrogens is 210 g/mol. The molecule has 88 valence electrons. The number of nitrogens with zero attached hydrogens (tertiary/aromatic N) is 1. The van der Waals surface area contributed by atoms with Crippen LogP contribution < -0.4 is 5.73 Å². The van der Waals surface area contributed by atoms with Crippen molar-refractivity contribution < 1.29 is 0 Å². The molecule has 1 aromatic heterocycles. The van der Waals surface area contributed by atoms with Gasteiger partial charge in [-0.25, -0.2) is 4.98 Å². The Morgan fingerprint density at radius 2 is 1.94 bits per heavy atom. The van der Waals surface area contributed by atoms with Gasteiger partial charge in [-0.2, -0.15) is 0 Å². The summed E-state index contributed by atoms with van der Waals surface area (Å²) in [5.41, 5.74) is 9.52. The molecule has 1 aliphatic carbocycles. The maximum absolute atomic E-state index is 6.25. The first kappa shape index (κ1) is 10.5. The van der Waals surface area contributed by atoms with Crippen LogP contribution in [-0.2, 0) is 5.54 Å². The number of aromatic amines is 1. The lowest BCUT2D eigenvalue weighted by atomic mass is 9.77. The highest BCUT2D eigenvalue weighted by Crippen LogP contribution is 2.37. The number of imidazole rings is 1. The van der Waals surface area contributed by atoms with Gasteiger partial charge in [0.25, 0.3) is 0 Å². The average Bonchev–Trinajstić information content (AvgIpc) is 2.76. The minimum atomic E-state index is -0.205. The van der Waals surface area contributed by atoms with Crippen LogP contribution in [0.4, 0.5) is 0 Å². The van der Waals surface area contributed by atoms with Gasteiger partial charge in [0.15, 0.2) is 0 Å². The lowest BCUT2D eigenvalue weighted by molar-refractivity contribution is 0.240. The number of aryl methyl sites for hydroxylation is 1. The molecule has 0 aliphatic heterocycles. The standard InChI is InChI=1S/C14H17N3/c1-10-3-5-11(6-4-10)12-9-16-13(17-12)14(15)7-2-8-14/h3-6,9H,2,7-8,15H2,1H3,(H,16,17). The molecule has 0 amide bonds. The van der Waals surface area contributed by atoms with Crippen molar-refractivity contribution in [2.75, 3.05) is 0 Å². The molecule has 1 fully saturated rings. The van der Waals surface area contributed by atoms with Crippen LogP contribution in [0.2, 0.25) is 0 Å². The summed E-state index contributed by atoms with van der Waals surface area (Å²) in [6.45, 7) is 2.09. The second-order valence-electron chi connectivity index (χ2n) is 5.02. The van der Waals surface area contributed by atoms with Crippen LogP contribution in [0, 0.1) is 6.92 Å². The zero-order valence-corrected chi connectivity index (χ0v) is 10.0. The molecule has 1 saturated carbocycles. The van der Waals surface area contributed by atoms with Gasteiger partial charge in [-0.3, -0.25) is 0 Å². The van der Waals surface area contributed by atoms with Gasteiger partial charge in [-0.15, -0.1) is 0 Å². The van der Waals surface area contributed by atoms with Gasteiger partial charge in [0, 0.05) is 0 Å². The first-order chi connectivity index (χ1) is 8.17. The monoisotopic (exact) mass is 227 g/mol. The van der Waals surface area contributed by atoms with Crippen molar-refractivity contribution in [1.82, 2.24) is 9.97 Å². The average molecular weight is 227 g/mol. The van der Waals surface area contributed by atoms with Crippen molar-refractivity contribution in [3.05, 3.63) is 41.9 Å². The topological polar surface area (TPSA) is 54.7 Å². The Morgan fingerprint density at radius 3 is 2.53 bits per heavy atom. The Bertz CT molecular complexity index is 521. The Hall–Kier alpha value is -1.61. The van der Waals surface area contributed by atoms with E-state index < -0.39 is 0 Å². The van der Waals surface area contributed by atoms with E-state index in [9.17, 15) is 0 Å². The summed E-state index contributed by atoms with van der Waals surface area (Å²) in [7, 11) is 0. The van der Waals surface area contributed by atoms with Crippen molar-refractivity contribution >= 4 is 0 Å². The third-order valence-corrected chi connectivity index (χ3v) is 3.66. The van der Waals surface area contributed by atoms with Crippen LogP contribution in [0.1, 0.15) is 30.7 Å². The van der Waals surface area contributed by atoms with E-state index >= 15 is 0 Å². The van der Waals surface area contributed by atoms with E-state index in [-0.39, 0.29) is 5.54 Å². The number of hydrogen-bond donors (Lipinski definition) is 2. The van der Waals surface area contributed by atoms with Gasteiger partial charge in [-0.1, -0.05) is 29.8 Å². The van der Waals surface area contributed by atoms with Crippen LogP contribution in [0.5, 0.6) is 0 Å². The van der Waals surface area contributed by atoms with Crippen LogP contribution in [0.25, 0.3) is 11.3 Å². The Balaban J connectivity index is 1.92. The molecular formula is C14H17N3. The fraction of sp³-hybridized carbons (Fsp3) is 0.357. The maximum Gasteiger partial charge on any atom is 0.126 e. The van der Waals surface area contributed by atoms with Crippen molar-refractivity contribution in [2.45, 2.75) is 31.7 Å². The van der Waals surface area contributed by atoms with Crippen molar-refractivity contribution in [3.63, 3.8) is 0 Å². The predicted octanol–water partition coefficient (Wildman–Crippen LogP) is 2.72. The van der Waals surface area contributed by atoms with Gasteiger partial charge in [-0.05, 0) is 31.7 Å². The fourth-order valence-corrected chi connectivity index (χ4v) is 2.25. The summed E-state index contributed by atoms with van der Waals surface area (Å²) in [4.78, 5) is 7.78. The molecule has 1 aliphatic rings. The highest BCUT2D eigenvalue weighted by Gasteiger charge is 2.37. The number of aromatic nitrogens is 2. The van der Waals surface area contributed by atoms with E-state index in [0.717, 1.165) is 29.9 Å². The van der Waals surface area contributed by atoms with E-state index in [4.69, 9.17) is 5.73 Å². The van der Waals surface area contributed by atoms with Crippen LogP contribution in [0.15, 0.2) is 30.5 Å². The first-order valence-electron chi connectivity index (χ1n) is 6.09. The largest absolute Gasteiger partial charge is 0.340 e. The number of hydrogen-bond acceptors (Lipinski definition) is 2. The van der Waals surface area contributed by atoms with Gasteiger partial charge < -0.3 is 10.7 Å². The Kier molecular flexibility index (Phi) is 2.30. The molecule has 2 aromatic rings. The summed E-state index contributed by atoms with van der Waals surface area (Å²) >= 11 is 0. The molecule has 1 aromatic carbocycles. The molecule has 3 N–H and O–H groups in total. The smallest absolute Gasteiger partial charge is 0.126 e. The maximum atomic E-state index is 6.25. The van der Waals surface area contributed by atoms with Crippen LogP contribution in [-0.4, -0.2) is 9.97 Å². The number of benzene rings is 1. The number of nitrogens with one attached hydrogen (secondary N) is 1. The molecule has 0 atom stereocenters. The summed E-state index contributed by atoms with van der Waals surface area (Å²) < 4.78 is 0. The highest BCUT2D eigenvalue weighted by molar-refractivity contribution is 5.59. The lowest BCUT2D eigenvalue weighted by Gasteiger charge is -2.35. The van der Waals surface area contributed by atoms with Gasteiger partial charge >= 0.3 is 0 Å². The zero-order chi connectivity index (χ0) is 11.9. The lowest BCUT2D eigenvalue weighted by Crippen LogP contribution is -2.44. The van der Waals surface area contributed by atoms with Crippen LogP contribution >= 0.6 is 0 Å². The van der Waals surface area contributed by atoms with Crippen molar-refractivity contribution in [1.29, 1.82) is 0 Å².